The van der Waals surface area contributed by atoms with Crippen molar-refractivity contribution < 1.29 is 28.0 Å². The molecule has 18 heteroatoms. The Labute approximate surface area is 608 Å². The van der Waals surface area contributed by atoms with Crippen molar-refractivity contribution in [3.63, 3.8) is 0 Å². The first kappa shape index (κ1) is 74.2. The number of hydrogen-bond acceptors (Lipinski definition) is 10. The monoisotopic (exact) mass is 1460 g/mol. The van der Waals surface area contributed by atoms with E-state index < -0.39 is 39.8 Å². The number of ketones is 4. The molecule has 0 atom stereocenters. The zero-order valence-electron chi connectivity index (χ0n) is 55.5. The van der Waals surface area contributed by atoms with E-state index in [1.807, 2.05) is 133 Å². The van der Waals surface area contributed by atoms with Gasteiger partial charge in [-0.1, -0.05) is 261 Å². The average Bonchev–Trinajstić information content (AvgIpc) is 0.791. The predicted molar refractivity (Wildman–Crippen MR) is 404 cm³/mol. The number of benzene rings is 8. The summed E-state index contributed by atoms with van der Waals surface area (Å²) in [6.45, 7) is 24.1. The molecule has 0 bridgehead atoms. The van der Waals surface area contributed by atoms with Gasteiger partial charge in [0.15, 0.2) is 22.6 Å². The SMILES string of the molecule is CC(C)(C)C1=CC(=O)C(=O)C(c2c(Cl)cccc2Cl)=C1.CC(C)(C)C1=CC(c2c(Cl)cccc2Cl)=CC(=O)C1=O.CC(C)(C)c1cc(-c2c(Cl)cccc2Cl)c2oc(=O)c(-c3ccccc3)nc2c1.CC(C)(C)c1cc(-c2c(Cl)cccc2Cl)cc2nc(-c3ccccc3)c(=O)oc12. The molecule has 8 aromatic carbocycles. The highest BCUT2D eigenvalue weighted by Gasteiger charge is 2.33. The summed E-state index contributed by atoms with van der Waals surface area (Å²) >= 11 is 50.4. The van der Waals surface area contributed by atoms with Crippen LogP contribution in [-0.2, 0) is 30.0 Å². The van der Waals surface area contributed by atoms with Gasteiger partial charge in [-0.15, -0.1) is 0 Å². The van der Waals surface area contributed by atoms with Gasteiger partial charge in [0.1, 0.15) is 11.0 Å². The van der Waals surface area contributed by atoms with Crippen molar-refractivity contribution in [2.75, 3.05) is 0 Å². The van der Waals surface area contributed by atoms with Gasteiger partial charge in [-0.2, -0.15) is 0 Å². The molecule has 0 spiro atoms. The fourth-order valence-electron chi connectivity index (χ4n) is 10.7. The van der Waals surface area contributed by atoms with E-state index in [0.29, 0.717) is 107 Å². The minimum absolute atomic E-state index is 0.151. The Morgan fingerprint density at radius 1 is 0.347 bits per heavy atom. The number of hydrogen-bond donors (Lipinski definition) is 0. The van der Waals surface area contributed by atoms with Gasteiger partial charge in [-0.25, -0.2) is 19.6 Å². The third-order valence-electron chi connectivity index (χ3n) is 15.9. The molecule has 0 amide bonds. The van der Waals surface area contributed by atoms with Crippen LogP contribution in [0.15, 0.2) is 212 Å². The molecule has 0 aliphatic heterocycles. The Kier molecular flexibility index (Phi) is 22.6. The van der Waals surface area contributed by atoms with Crippen LogP contribution in [0.4, 0.5) is 0 Å². The second-order valence-electron chi connectivity index (χ2n) is 27.3. The molecule has 500 valence electrons. The molecule has 2 aliphatic carbocycles. The van der Waals surface area contributed by atoms with Crippen molar-refractivity contribution >= 4 is 149 Å². The maximum Gasteiger partial charge on any atom is 0.363 e. The zero-order valence-corrected chi connectivity index (χ0v) is 61.6. The van der Waals surface area contributed by atoms with E-state index in [9.17, 15) is 28.8 Å². The van der Waals surface area contributed by atoms with Crippen molar-refractivity contribution in [1.29, 1.82) is 0 Å². The number of aromatic nitrogens is 2. The smallest absolute Gasteiger partial charge is 0.363 e. The van der Waals surface area contributed by atoms with E-state index in [4.69, 9.17) is 102 Å². The lowest BCUT2D eigenvalue weighted by Gasteiger charge is -2.24. The molecule has 0 N–H and O–H groups in total. The van der Waals surface area contributed by atoms with Gasteiger partial charge in [-0.3, -0.25) is 19.2 Å². The standard InChI is InChI=1S/2C24H19Cl2NO2.2C16H14Cl2O2/c1-24(2,3)15-12-16(20-17(25)10-7-11-18(20)26)22-19(13-15)27-21(23(28)29-22)14-8-5-4-6-9-14;1-24(2,3)16-12-15(20-17(25)10-7-11-18(20)26)13-19-22(16)29-23(28)21(27-19)14-8-5-4-6-9-14;1-16(2,3)9-7-10(15(20)13(19)8-9)14-11(17)5-4-6-12(14)18;1-16(2,3)10-7-9(8-13(19)15(10)20)14-11(17)5-4-6-12(14)18/h2*4-13H,1-3H3;2*4-8H,1-3H3. The third-order valence-corrected chi connectivity index (χ3v) is 18.4. The van der Waals surface area contributed by atoms with Crippen molar-refractivity contribution in [2.24, 2.45) is 10.8 Å². The minimum Gasteiger partial charge on any atom is -0.419 e. The molecule has 0 saturated carbocycles. The second kappa shape index (κ2) is 29.8. The lowest BCUT2D eigenvalue weighted by molar-refractivity contribution is -0.132. The summed E-state index contributed by atoms with van der Waals surface area (Å²) in [6.07, 6.45) is 6.09. The van der Waals surface area contributed by atoms with Crippen LogP contribution in [0.25, 0.3) is 78.1 Å². The van der Waals surface area contributed by atoms with Crippen molar-refractivity contribution in [2.45, 2.75) is 93.9 Å². The van der Waals surface area contributed by atoms with Gasteiger partial charge in [0, 0.05) is 75.7 Å². The van der Waals surface area contributed by atoms with Crippen molar-refractivity contribution in [1.82, 2.24) is 9.97 Å². The summed E-state index contributed by atoms with van der Waals surface area (Å²) in [7, 11) is 0. The highest BCUT2D eigenvalue weighted by Crippen LogP contribution is 2.44. The number of rotatable bonds is 6. The first-order valence-electron chi connectivity index (χ1n) is 30.9. The van der Waals surface area contributed by atoms with Gasteiger partial charge >= 0.3 is 11.3 Å². The lowest BCUT2D eigenvalue weighted by Crippen LogP contribution is -2.26. The maximum absolute atomic E-state index is 12.8. The van der Waals surface area contributed by atoms with Crippen molar-refractivity contribution in [3.05, 3.63) is 276 Å². The normalized spacial score (nSPS) is 13.5. The fraction of sp³-hybridized carbons (Fsp3) is 0.200. The molecule has 0 saturated heterocycles. The predicted octanol–water partition coefficient (Wildman–Crippen LogP) is 23.3. The molecule has 2 aliphatic rings. The first-order chi connectivity index (χ1) is 45.9. The summed E-state index contributed by atoms with van der Waals surface area (Å²) in [5.41, 5.74) is 9.80. The van der Waals surface area contributed by atoms with Crippen LogP contribution in [0.5, 0.6) is 0 Å². The Hall–Kier alpha value is -8.00. The number of nitrogens with zero attached hydrogens (tertiary/aromatic N) is 2. The van der Waals surface area contributed by atoms with Crippen LogP contribution in [-0.4, -0.2) is 33.1 Å². The second-order valence-corrected chi connectivity index (χ2v) is 30.5. The summed E-state index contributed by atoms with van der Waals surface area (Å²) in [5.74, 6) is -2.12. The Balaban J connectivity index is 0.000000155. The number of fused-ring (bicyclic) bond motifs is 2. The number of Topliss-reactive ketones (excluding diaryl/α,β-unsaturated/α-hetero) is 2. The molecule has 2 aromatic heterocycles. The number of carbonyl (C=O) groups is 4. The largest absolute Gasteiger partial charge is 0.419 e. The summed E-state index contributed by atoms with van der Waals surface area (Å²) in [4.78, 5) is 82.7. The van der Waals surface area contributed by atoms with E-state index in [1.165, 1.54) is 12.2 Å². The maximum atomic E-state index is 12.8. The van der Waals surface area contributed by atoms with Crippen molar-refractivity contribution in [3.8, 4) is 44.8 Å². The van der Waals surface area contributed by atoms with Gasteiger partial charge in [-0.05, 0) is 141 Å². The summed E-state index contributed by atoms with van der Waals surface area (Å²) in [5, 5.41) is 3.71. The fourth-order valence-corrected chi connectivity index (χ4v) is 13.1. The molecule has 2 heterocycles. The molecule has 0 radical (unpaired) electrons. The van der Waals surface area contributed by atoms with E-state index in [2.05, 4.69) is 51.5 Å². The third kappa shape index (κ3) is 16.7. The van der Waals surface area contributed by atoms with Crippen LogP contribution >= 0.6 is 92.8 Å². The molecule has 10 nitrogen and oxygen atoms in total. The van der Waals surface area contributed by atoms with Crippen LogP contribution in [0.3, 0.4) is 0 Å². The lowest BCUT2D eigenvalue weighted by atomic mass is 9.78. The molecular weight excluding hydrogens is 1400 g/mol. The van der Waals surface area contributed by atoms with E-state index in [1.54, 1.807) is 78.9 Å². The Bertz CT molecular complexity index is 4990. The first-order valence-corrected chi connectivity index (χ1v) is 33.9. The average molecular weight is 1470 g/mol. The quantitative estimate of drug-likeness (QED) is 0.116. The van der Waals surface area contributed by atoms with Crippen LogP contribution in [0, 0.1) is 10.8 Å². The summed E-state index contributed by atoms with van der Waals surface area (Å²) < 4.78 is 11.5. The van der Waals surface area contributed by atoms with Crippen LogP contribution in [0.2, 0.25) is 40.2 Å². The minimum atomic E-state index is -0.576. The number of halogens is 8. The zero-order chi connectivity index (χ0) is 71.7. The Morgan fingerprint density at radius 2 is 0.765 bits per heavy atom. The van der Waals surface area contributed by atoms with Gasteiger partial charge in [0.2, 0.25) is 23.1 Å². The van der Waals surface area contributed by atoms with E-state index in [-0.39, 0.29) is 33.2 Å². The Morgan fingerprint density at radius 3 is 1.20 bits per heavy atom. The molecule has 10 aromatic rings. The number of allylic oxidation sites excluding steroid dienone is 8. The highest BCUT2D eigenvalue weighted by atomic mass is 35.5. The molecule has 12 rings (SSSR count). The molecule has 0 unspecified atom stereocenters. The summed E-state index contributed by atoms with van der Waals surface area (Å²) in [6, 6.07) is 47.2. The van der Waals surface area contributed by atoms with E-state index in [0.717, 1.165) is 27.8 Å². The number of carbonyl (C=O) groups excluding carboxylic acids is 4. The topological polar surface area (TPSA) is 154 Å². The molecule has 98 heavy (non-hydrogen) atoms. The van der Waals surface area contributed by atoms with Gasteiger partial charge in [0.25, 0.3) is 0 Å². The molecule has 0 fully saturated rings. The van der Waals surface area contributed by atoms with Gasteiger partial charge < -0.3 is 8.83 Å². The van der Waals surface area contributed by atoms with E-state index >= 15 is 0 Å². The van der Waals surface area contributed by atoms with Crippen LogP contribution in [0.1, 0.15) is 105 Å². The highest BCUT2D eigenvalue weighted by molar-refractivity contribution is 6.59. The van der Waals surface area contributed by atoms with Gasteiger partial charge in [0.05, 0.1) is 20.1 Å². The molecular formula is C80H66Cl8N2O8. The van der Waals surface area contributed by atoms with Crippen LogP contribution < -0.4 is 11.3 Å².